The van der Waals surface area contributed by atoms with Crippen molar-refractivity contribution in [2.75, 3.05) is 4.72 Å². The molecule has 0 unspecified atom stereocenters. The molecule has 0 saturated heterocycles. The van der Waals surface area contributed by atoms with Crippen LogP contribution >= 0.6 is 23.0 Å². The number of hydrogen-bond donors (Lipinski definition) is 1. The highest BCUT2D eigenvalue weighted by Gasteiger charge is 1.88. The van der Waals surface area contributed by atoms with Gasteiger partial charge < -0.3 is 4.72 Å². The second-order valence-corrected chi connectivity index (χ2v) is 2.61. The molecule has 1 aromatic carbocycles. The van der Waals surface area contributed by atoms with Crippen LogP contribution in [0.5, 0.6) is 0 Å². The molecule has 1 N–H and O–H groups in total. The van der Waals surface area contributed by atoms with Crippen LogP contribution in [0.4, 0.5) is 5.69 Å². The third kappa shape index (κ3) is 1.92. The van der Waals surface area contributed by atoms with Crippen molar-refractivity contribution in [2.45, 2.75) is 0 Å². The van der Waals surface area contributed by atoms with E-state index in [0.717, 1.165) is 17.0 Å². The second kappa shape index (κ2) is 3.47. The average Bonchev–Trinajstić information content (AvgIpc) is 1.88. The molecule has 52 valence electrons. The van der Waals surface area contributed by atoms with Gasteiger partial charge in [-0.05, 0) is 29.6 Å². The topological polar surface area (TPSA) is 12.0 Å². The Balaban J connectivity index is 2.87. The number of anilines is 1. The number of nitrogens with one attached hydrogen (secondary N) is 1. The number of hydrogen-bond acceptors (Lipinski definition) is 1. The van der Waals surface area contributed by atoms with E-state index in [2.05, 4.69) is 4.72 Å². The van der Waals surface area contributed by atoms with Gasteiger partial charge in [0.05, 0.1) is 0 Å². The Bertz CT molecular complexity index is 267. The van der Waals surface area contributed by atoms with Gasteiger partial charge in [-0.3, -0.25) is 0 Å². The summed E-state index contributed by atoms with van der Waals surface area (Å²) in [5.74, 6) is 0. The molecule has 0 aromatic heterocycles. The van der Waals surface area contributed by atoms with Gasteiger partial charge in [0.15, 0.2) is 0 Å². The minimum atomic E-state index is 0.707. The summed E-state index contributed by atoms with van der Waals surface area (Å²) in [6.07, 6.45) is 0. The van der Waals surface area contributed by atoms with Crippen molar-refractivity contribution >= 4 is 28.6 Å². The van der Waals surface area contributed by atoms with Gasteiger partial charge in [-0.1, -0.05) is 23.4 Å². The monoisotopic (exact) mass is 171 g/mol. The number of benzene rings is 1. The van der Waals surface area contributed by atoms with Gasteiger partial charge in [-0.25, -0.2) is 0 Å². The van der Waals surface area contributed by atoms with Gasteiger partial charge in [-0.2, -0.15) is 0 Å². The molecule has 0 aliphatic heterocycles. The SMILES string of the molecule is C#SNc1cccc(Cl)c1. The van der Waals surface area contributed by atoms with E-state index in [1.807, 2.05) is 18.2 Å². The maximum Gasteiger partial charge on any atom is 0.0497 e. The van der Waals surface area contributed by atoms with Gasteiger partial charge in [0.25, 0.3) is 0 Å². The van der Waals surface area contributed by atoms with Crippen molar-refractivity contribution in [3.05, 3.63) is 29.3 Å². The number of rotatable bonds is 1. The Morgan fingerprint density at radius 2 is 2.30 bits per heavy atom. The Labute approximate surface area is 68.7 Å². The molecule has 0 bridgehead atoms. The summed E-state index contributed by atoms with van der Waals surface area (Å²) >= 11 is 6.75. The fourth-order valence-corrected chi connectivity index (χ4v) is 1.07. The van der Waals surface area contributed by atoms with Gasteiger partial charge in [0.1, 0.15) is 0 Å². The summed E-state index contributed by atoms with van der Waals surface area (Å²) in [7, 11) is 0. The summed E-state index contributed by atoms with van der Waals surface area (Å²) < 4.78 is 2.86. The minimum Gasteiger partial charge on any atom is -0.305 e. The molecule has 3 heteroatoms. The highest BCUT2D eigenvalue weighted by atomic mass is 35.5. The van der Waals surface area contributed by atoms with Crippen LogP contribution in [0.1, 0.15) is 0 Å². The molecule has 0 radical (unpaired) electrons. The molecule has 0 atom stereocenters. The molecule has 0 saturated carbocycles. The molecule has 0 aliphatic rings. The second-order valence-electron chi connectivity index (χ2n) is 1.73. The number of halogens is 1. The Morgan fingerprint density at radius 3 is 2.90 bits per heavy atom. The molecule has 0 amide bonds. The highest BCUT2D eigenvalue weighted by molar-refractivity contribution is 7.89. The molecule has 1 rings (SSSR count). The lowest BCUT2D eigenvalue weighted by molar-refractivity contribution is 1.69. The normalized spacial score (nSPS) is 8.80. The molecule has 1 nitrogen and oxygen atoms in total. The smallest absolute Gasteiger partial charge is 0.0497 e. The Morgan fingerprint density at radius 1 is 1.50 bits per heavy atom. The Hall–Kier alpha value is -0.690. The summed E-state index contributed by atoms with van der Waals surface area (Å²) in [6.45, 7) is 0. The van der Waals surface area contributed by atoms with Gasteiger partial charge >= 0.3 is 0 Å². The van der Waals surface area contributed by atoms with Crippen LogP contribution in [0.15, 0.2) is 24.3 Å². The highest BCUT2D eigenvalue weighted by Crippen LogP contribution is 2.15. The van der Waals surface area contributed by atoms with Crippen molar-refractivity contribution in [1.82, 2.24) is 0 Å². The fourth-order valence-electron chi connectivity index (χ4n) is 0.620. The van der Waals surface area contributed by atoms with Crippen molar-refractivity contribution in [2.24, 2.45) is 0 Å². The van der Waals surface area contributed by atoms with Crippen molar-refractivity contribution in [3.63, 3.8) is 0 Å². The van der Waals surface area contributed by atoms with E-state index < -0.39 is 0 Å². The van der Waals surface area contributed by atoms with E-state index in [0.29, 0.717) is 5.02 Å². The largest absolute Gasteiger partial charge is 0.305 e. The third-order valence-corrected chi connectivity index (χ3v) is 1.59. The molecular weight excluding hydrogens is 166 g/mol. The zero-order chi connectivity index (χ0) is 7.40. The van der Waals surface area contributed by atoms with Crippen LogP contribution in [0, 0.1) is 5.69 Å². The molecule has 0 heterocycles. The van der Waals surface area contributed by atoms with Crippen LogP contribution in [0.25, 0.3) is 0 Å². The Kier molecular flexibility index (Phi) is 2.57. The maximum absolute atomic E-state index is 5.69. The van der Waals surface area contributed by atoms with Gasteiger partial charge in [-0.15, -0.1) is 0 Å². The summed E-state index contributed by atoms with van der Waals surface area (Å²) in [5.41, 5.74) is 6.09. The molecule has 0 fully saturated rings. The van der Waals surface area contributed by atoms with E-state index in [-0.39, 0.29) is 0 Å². The van der Waals surface area contributed by atoms with Crippen LogP contribution in [0.3, 0.4) is 0 Å². The van der Waals surface area contributed by atoms with Gasteiger partial charge in [0.2, 0.25) is 0 Å². The van der Waals surface area contributed by atoms with Crippen molar-refractivity contribution in [1.29, 1.82) is 0 Å². The molecule has 10 heavy (non-hydrogen) atoms. The van der Waals surface area contributed by atoms with E-state index >= 15 is 0 Å². The minimum absolute atomic E-state index is 0.707. The van der Waals surface area contributed by atoms with Crippen molar-refractivity contribution in [3.8, 4) is 5.69 Å². The zero-order valence-electron chi connectivity index (χ0n) is 5.17. The standard InChI is InChI=1S/C7H6ClNS/c1-10-9-7-4-2-3-6(8)5-7/h1-5,9H. The average molecular weight is 172 g/mol. The predicted molar refractivity (Wildman–Crippen MR) is 47.6 cm³/mol. The molecule has 0 aliphatic carbocycles. The zero-order valence-corrected chi connectivity index (χ0v) is 6.75. The van der Waals surface area contributed by atoms with E-state index in [1.54, 1.807) is 6.07 Å². The van der Waals surface area contributed by atoms with E-state index in [9.17, 15) is 0 Å². The first-order valence-electron chi connectivity index (χ1n) is 2.70. The van der Waals surface area contributed by atoms with Crippen molar-refractivity contribution < 1.29 is 0 Å². The molecule has 0 spiro atoms. The van der Waals surface area contributed by atoms with Crippen LogP contribution in [-0.4, -0.2) is 0 Å². The summed E-state index contributed by atoms with van der Waals surface area (Å²) in [4.78, 5) is 0. The van der Waals surface area contributed by atoms with E-state index in [4.69, 9.17) is 17.3 Å². The lowest BCUT2D eigenvalue weighted by Crippen LogP contribution is -1.78. The lowest BCUT2D eigenvalue weighted by atomic mass is 10.3. The van der Waals surface area contributed by atoms with Gasteiger partial charge in [0, 0.05) is 10.7 Å². The first-order valence-corrected chi connectivity index (χ1v) is 3.96. The fraction of sp³-hybridized carbons (Fsp3) is 0. The third-order valence-electron chi connectivity index (χ3n) is 1.00. The predicted octanol–water partition coefficient (Wildman–Crippen LogP) is 2.99. The quantitative estimate of drug-likeness (QED) is 0.641. The summed E-state index contributed by atoms with van der Waals surface area (Å²) in [6, 6.07) is 7.38. The first-order chi connectivity index (χ1) is 4.83. The van der Waals surface area contributed by atoms with Crippen LogP contribution < -0.4 is 4.72 Å². The first kappa shape index (κ1) is 7.42. The summed E-state index contributed by atoms with van der Waals surface area (Å²) in [5, 5.41) is 0.707. The van der Waals surface area contributed by atoms with Crippen LogP contribution in [-0.2, 0) is 0 Å². The molecular formula is C7H6ClNS. The van der Waals surface area contributed by atoms with Crippen LogP contribution in [0.2, 0.25) is 5.02 Å². The lowest BCUT2D eigenvalue weighted by Gasteiger charge is -1.96. The maximum atomic E-state index is 5.69. The van der Waals surface area contributed by atoms with E-state index in [1.165, 1.54) is 0 Å². The molecule has 1 aromatic rings.